The van der Waals surface area contributed by atoms with Crippen molar-refractivity contribution in [2.75, 3.05) is 32.8 Å². The maximum atomic E-state index is 12.6. The predicted octanol–water partition coefficient (Wildman–Crippen LogP) is 0.0878. The van der Waals surface area contributed by atoms with Crippen LogP contribution in [0, 0.1) is 0 Å². The summed E-state index contributed by atoms with van der Waals surface area (Å²) in [6.45, 7) is 3.24. The molecule has 0 fully saturated rings. The Balaban J connectivity index is 1.92. The van der Waals surface area contributed by atoms with Crippen LogP contribution in [0.5, 0.6) is 0 Å². The van der Waals surface area contributed by atoms with Gasteiger partial charge in [-0.2, -0.15) is 13.2 Å². The van der Waals surface area contributed by atoms with E-state index < -0.39 is 12.0 Å². The third-order valence-electron chi connectivity index (χ3n) is 2.90. The summed E-state index contributed by atoms with van der Waals surface area (Å²) in [7, 11) is 0. The Bertz CT molecular complexity index is 420. The zero-order chi connectivity index (χ0) is 13.9. The van der Waals surface area contributed by atoms with Crippen molar-refractivity contribution in [2.45, 2.75) is 19.3 Å². The second kappa shape index (κ2) is 5.85. The molecule has 1 aliphatic rings. The molecular weight excluding hydrogens is 263 g/mol. The molecule has 0 aliphatic carbocycles. The Morgan fingerprint density at radius 2 is 2.00 bits per heavy atom. The van der Waals surface area contributed by atoms with Crippen molar-refractivity contribution in [3.05, 3.63) is 11.6 Å². The highest BCUT2D eigenvalue weighted by molar-refractivity contribution is 5.02. The summed E-state index contributed by atoms with van der Waals surface area (Å²) in [6, 6.07) is 0. The van der Waals surface area contributed by atoms with Crippen molar-refractivity contribution in [1.29, 1.82) is 0 Å². The minimum absolute atomic E-state index is 0.244. The van der Waals surface area contributed by atoms with Crippen LogP contribution >= 0.6 is 0 Å². The van der Waals surface area contributed by atoms with Crippen LogP contribution in [0.15, 0.2) is 0 Å². The Hall–Kier alpha value is -1.19. The average molecular weight is 279 g/mol. The Morgan fingerprint density at radius 1 is 1.21 bits per heavy atom. The molecule has 1 aromatic rings. The first-order chi connectivity index (χ1) is 9.02. The number of halogens is 3. The molecule has 0 aromatic carbocycles. The van der Waals surface area contributed by atoms with Gasteiger partial charge in [-0.05, 0) is 0 Å². The van der Waals surface area contributed by atoms with Crippen LogP contribution in [0.3, 0.4) is 0 Å². The largest absolute Gasteiger partial charge is 0.451 e. The van der Waals surface area contributed by atoms with Crippen LogP contribution in [0.1, 0.15) is 11.6 Å². The fourth-order valence-electron chi connectivity index (χ4n) is 1.99. The van der Waals surface area contributed by atoms with Crippen LogP contribution in [-0.4, -0.2) is 52.5 Å². The van der Waals surface area contributed by atoms with Crippen molar-refractivity contribution in [3.63, 3.8) is 0 Å². The number of rotatable bonds is 5. The quantitative estimate of drug-likeness (QED) is 0.774. The van der Waals surface area contributed by atoms with Gasteiger partial charge < -0.3 is 15.0 Å². The summed E-state index contributed by atoms with van der Waals surface area (Å²) in [6.07, 6.45) is -4.45. The van der Waals surface area contributed by atoms with E-state index >= 15 is 0 Å². The number of nitrogens with two attached hydrogens (primary N) is 1. The van der Waals surface area contributed by atoms with E-state index in [1.165, 1.54) is 0 Å². The molecule has 1 aliphatic heterocycles. The summed E-state index contributed by atoms with van der Waals surface area (Å²) in [5.41, 5.74) is 5.29. The molecule has 0 radical (unpaired) electrons. The van der Waals surface area contributed by atoms with E-state index in [-0.39, 0.29) is 6.54 Å². The van der Waals surface area contributed by atoms with Crippen molar-refractivity contribution in [3.8, 4) is 0 Å². The second-order valence-corrected chi connectivity index (χ2v) is 4.27. The van der Waals surface area contributed by atoms with Crippen LogP contribution in [0.25, 0.3) is 0 Å². The van der Waals surface area contributed by atoms with Crippen LogP contribution in [0.2, 0.25) is 0 Å². The molecule has 108 valence electrons. The second-order valence-electron chi connectivity index (χ2n) is 4.27. The molecule has 9 heteroatoms. The third-order valence-corrected chi connectivity index (χ3v) is 2.90. The van der Waals surface area contributed by atoms with E-state index in [1.807, 2.05) is 4.90 Å². The highest BCUT2D eigenvalue weighted by Crippen LogP contribution is 2.29. The molecule has 2 N–H and O–H groups in total. The fraction of sp³-hybridized carbons (Fsp3) is 0.800. The lowest BCUT2D eigenvalue weighted by atomic mass is 10.3. The van der Waals surface area contributed by atoms with E-state index in [9.17, 15) is 13.2 Å². The highest BCUT2D eigenvalue weighted by atomic mass is 19.4. The van der Waals surface area contributed by atoms with E-state index in [2.05, 4.69) is 10.2 Å². The summed E-state index contributed by atoms with van der Waals surface area (Å²) in [5.74, 6) is -0.570. The van der Waals surface area contributed by atoms with E-state index in [4.69, 9.17) is 10.5 Å². The van der Waals surface area contributed by atoms with E-state index in [1.54, 1.807) is 0 Å². The zero-order valence-electron chi connectivity index (χ0n) is 10.4. The van der Waals surface area contributed by atoms with Crippen LogP contribution in [-0.2, 0) is 24.0 Å². The molecule has 19 heavy (non-hydrogen) atoms. The molecule has 2 heterocycles. The normalized spacial score (nSPS) is 16.6. The van der Waals surface area contributed by atoms with Crippen molar-refractivity contribution in [2.24, 2.45) is 5.73 Å². The fourth-order valence-corrected chi connectivity index (χ4v) is 1.99. The summed E-state index contributed by atoms with van der Waals surface area (Å²) in [4.78, 5) is 1.99. The lowest BCUT2D eigenvalue weighted by Crippen LogP contribution is -2.37. The first kappa shape index (κ1) is 14.2. The lowest BCUT2D eigenvalue weighted by molar-refractivity contribution is -0.148. The molecule has 0 unspecified atom stereocenters. The van der Waals surface area contributed by atoms with Gasteiger partial charge >= 0.3 is 6.18 Å². The molecule has 0 spiro atoms. The van der Waals surface area contributed by atoms with Gasteiger partial charge in [0, 0.05) is 26.2 Å². The maximum absolute atomic E-state index is 12.6. The minimum atomic E-state index is -4.45. The third kappa shape index (κ3) is 3.43. The zero-order valence-corrected chi connectivity index (χ0v) is 10.4. The van der Waals surface area contributed by atoms with Crippen LogP contribution in [0.4, 0.5) is 13.2 Å². The van der Waals surface area contributed by atoms with E-state index in [0.717, 1.165) is 4.57 Å². The smallest absolute Gasteiger partial charge is 0.379 e. The summed E-state index contributed by atoms with van der Waals surface area (Å²) >= 11 is 0. The molecular formula is C10H16F3N5O. The molecule has 0 saturated heterocycles. The number of hydrogen-bond donors (Lipinski definition) is 1. The molecule has 1 aromatic heterocycles. The first-order valence-electron chi connectivity index (χ1n) is 6.02. The monoisotopic (exact) mass is 279 g/mol. The molecule has 0 saturated carbocycles. The molecule has 2 rings (SSSR count). The van der Waals surface area contributed by atoms with Crippen molar-refractivity contribution in [1.82, 2.24) is 19.7 Å². The van der Waals surface area contributed by atoms with Crippen molar-refractivity contribution >= 4 is 0 Å². The molecule has 0 amide bonds. The van der Waals surface area contributed by atoms with Crippen LogP contribution < -0.4 is 5.73 Å². The number of fused-ring (bicyclic) bond motifs is 1. The number of nitrogens with zero attached hydrogens (tertiary/aromatic N) is 4. The standard InChI is InChI=1S/C10H16F3N5O/c11-10(12,13)9-16-15-8-7-17(2-3-18(8)9)4-6-19-5-1-14/h1-7,14H2. The lowest BCUT2D eigenvalue weighted by Gasteiger charge is -2.27. The van der Waals surface area contributed by atoms with Gasteiger partial charge in [0.05, 0.1) is 19.8 Å². The molecule has 0 atom stereocenters. The van der Waals surface area contributed by atoms with Crippen molar-refractivity contribution < 1.29 is 17.9 Å². The van der Waals surface area contributed by atoms with Gasteiger partial charge in [-0.25, -0.2) is 0 Å². The number of alkyl halides is 3. The minimum Gasteiger partial charge on any atom is -0.379 e. The highest BCUT2D eigenvalue weighted by Gasteiger charge is 2.39. The topological polar surface area (TPSA) is 69.2 Å². The van der Waals surface area contributed by atoms with E-state index in [0.29, 0.717) is 45.2 Å². The number of ether oxygens (including phenoxy) is 1. The van der Waals surface area contributed by atoms with Gasteiger partial charge in [-0.3, -0.25) is 4.90 Å². The SMILES string of the molecule is NCCOCCN1CCn2c(nnc2C(F)(F)F)C1. The maximum Gasteiger partial charge on any atom is 0.451 e. The van der Waals surface area contributed by atoms with Gasteiger partial charge in [-0.1, -0.05) is 0 Å². The van der Waals surface area contributed by atoms with Gasteiger partial charge in [0.15, 0.2) is 0 Å². The number of aromatic nitrogens is 3. The summed E-state index contributed by atoms with van der Waals surface area (Å²) < 4.78 is 44.3. The molecule has 0 bridgehead atoms. The average Bonchev–Trinajstić information content (AvgIpc) is 2.77. The van der Waals surface area contributed by atoms with Gasteiger partial charge in [0.25, 0.3) is 0 Å². The predicted molar refractivity (Wildman–Crippen MR) is 60.2 cm³/mol. The number of hydrogen-bond acceptors (Lipinski definition) is 5. The first-order valence-corrected chi connectivity index (χ1v) is 6.02. The Morgan fingerprint density at radius 3 is 2.68 bits per heavy atom. The van der Waals surface area contributed by atoms with Gasteiger partial charge in [0.2, 0.25) is 5.82 Å². The van der Waals surface area contributed by atoms with Gasteiger partial charge in [0.1, 0.15) is 5.82 Å². The summed E-state index contributed by atoms with van der Waals surface area (Å²) in [5, 5.41) is 6.84. The Kier molecular flexibility index (Phi) is 4.38. The Labute approximate surface area is 108 Å². The van der Waals surface area contributed by atoms with Gasteiger partial charge in [-0.15, -0.1) is 10.2 Å². The molecule has 6 nitrogen and oxygen atoms in total.